The first-order valence-corrected chi connectivity index (χ1v) is 9.42. The largest absolute Gasteiger partial charge is 0.444 e. The Morgan fingerprint density at radius 1 is 1.07 bits per heavy atom. The monoisotopic (exact) mass is 373 g/mol. The normalized spacial score (nSPS) is 19.1. The summed E-state index contributed by atoms with van der Waals surface area (Å²) in [4.78, 5) is 38.7. The number of nitrogens with one attached hydrogen (secondary N) is 1. The van der Waals surface area contributed by atoms with Gasteiger partial charge in [0, 0.05) is 31.7 Å². The minimum absolute atomic E-state index is 0.232. The van der Waals surface area contributed by atoms with E-state index in [1.54, 1.807) is 9.80 Å². The van der Waals surface area contributed by atoms with Crippen LogP contribution in [0.2, 0.25) is 0 Å². The van der Waals surface area contributed by atoms with Crippen molar-refractivity contribution in [3.05, 3.63) is 29.8 Å². The molecule has 2 saturated heterocycles. The smallest absolute Gasteiger partial charge is 0.410 e. The molecule has 0 unspecified atom stereocenters. The molecule has 4 amide bonds. The molecule has 7 heteroatoms. The average Bonchev–Trinajstić information content (AvgIpc) is 2.61. The van der Waals surface area contributed by atoms with Crippen molar-refractivity contribution in [1.82, 2.24) is 10.2 Å². The molecule has 1 N–H and O–H groups in total. The van der Waals surface area contributed by atoms with E-state index in [2.05, 4.69) is 5.32 Å². The number of amides is 4. The third kappa shape index (κ3) is 4.78. The van der Waals surface area contributed by atoms with E-state index in [-0.39, 0.29) is 18.0 Å². The van der Waals surface area contributed by atoms with Gasteiger partial charge >= 0.3 is 12.1 Å². The van der Waals surface area contributed by atoms with Crippen molar-refractivity contribution < 1.29 is 19.1 Å². The fourth-order valence-corrected chi connectivity index (χ4v) is 3.46. The maximum atomic E-state index is 12.2. The molecular weight excluding hydrogens is 346 g/mol. The summed E-state index contributed by atoms with van der Waals surface area (Å²) in [7, 11) is 0. The van der Waals surface area contributed by atoms with E-state index in [1.165, 1.54) is 5.56 Å². The Labute approximate surface area is 159 Å². The maximum absolute atomic E-state index is 12.2. The van der Waals surface area contributed by atoms with E-state index < -0.39 is 5.60 Å². The number of imide groups is 1. The van der Waals surface area contributed by atoms with Gasteiger partial charge in [-0.2, -0.15) is 0 Å². The molecule has 0 bridgehead atoms. The molecule has 27 heavy (non-hydrogen) atoms. The number of rotatable bonds is 2. The Bertz CT molecular complexity index is 716. The van der Waals surface area contributed by atoms with Crippen LogP contribution in [0.5, 0.6) is 0 Å². The lowest BCUT2D eigenvalue weighted by molar-refractivity contribution is -0.120. The first-order valence-electron chi connectivity index (χ1n) is 9.42. The second-order valence-corrected chi connectivity index (χ2v) is 8.09. The summed E-state index contributed by atoms with van der Waals surface area (Å²) in [6.07, 6.45) is 1.84. The number of likely N-dealkylation sites (tertiary alicyclic amines) is 1. The minimum Gasteiger partial charge on any atom is -0.444 e. The number of nitrogens with zero attached hydrogens (tertiary/aromatic N) is 2. The van der Waals surface area contributed by atoms with Gasteiger partial charge in [0.15, 0.2) is 0 Å². The Kier molecular flexibility index (Phi) is 5.39. The van der Waals surface area contributed by atoms with Crippen LogP contribution in [-0.2, 0) is 9.53 Å². The molecule has 0 aliphatic carbocycles. The number of carbonyl (C=O) groups excluding carboxylic acids is 3. The van der Waals surface area contributed by atoms with Gasteiger partial charge in [0.05, 0.1) is 0 Å². The van der Waals surface area contributed by atoms with Crippen LogP contribution in [-0.4, -0.2) is 48.2 Å². The third-order valence-corrected chi connectivity index (χ3v) is 4.88. The van der Waals surface area contributed by atoms with Gasteiger partial charge in [0.25, 0.3) is 0 Å². The summed E-state index contributed by atoms with van der Waals surface area (Å²) in [5, 5.41) is 2.34. The number of hydrogen-bond donors (Lipinski definition) is 1. The molecule has 146 valence electrons. The second kappa shape index (κ2) is 7.58. The molecule has 1 aromatic carbocycles. The molecule has 0 spiro atoms. The lowest BCUT2D eigenvalue weighted by Crippen LogP contribution is -2.49. The van der Waals surface area contributed by atoms with Gasteiger partial charge < -0.3 is 9.64 Å². The van der Waals surface area contributed by atoms with Crippen LogP contribution in [0.3, 0.4) is 0 Å². The van der Waals surface area contributed by atoms with Crippen molar-refractivity contribution in [2.45, 2.75) is 51.6 Å². The van der Waals surface area contributed by atoms with Gasteiger partial charge in [-0.15, -0.1) is 0 Å². The third-order valence-electron chi connectivity index (χ3n) is 4.88. The summed E-state index contributed by atoms with van der Waals surface area (Å²) < 4.78 is 5.44. The molecule has 7 nitrogen and oxygen atoms in total. The quantitative estimate of drug-likeness (QED) is 0.863. The van der Waals surface area contributed by atoms with Gasteiger partial charge in [-0.3, -0.25) is 15.0 Å². The minimum atomic E-state index is -0.477. The molecule has 2 aliphatic heterocycles. The highest BCUT2D eigenvalue weighted by atomic mass is 16.6. The SMILES string of the molecule is CC(C)(C)OC(=O)N1CCC(c2ccc(N3CCC(=O)NC3=O)cc2)CC1. The Balaban J connectivity index is 1.57. The first kappa shape index (κ1) is 19.2. The Hall–Kier alpha value is -2.57. The summed E-state index contributed by atoms with van der Waals surface area (Å²) in [5.74, 6) is 0.152. The van der Waals surface area contributed by atoms with Gasteiger partial charge in [-0.05, 0) is 57.2 Å². The van der Waals surface area contributed by atoms with Gasteiger partial charge in [0.2, 0.25) is 5.91 Å². The van der Waals surface area contributed by atoms with Crippen molar-refractivity contribution in [1.29, 1.82) is 0 Å². The van der Waals surface area contributed by atoms with Crippen LogP contribution in [0.4, 0.5) is 15.3 Å². The van der Waals surface area contributed by atoms with Crippen LogP contribution >= 0.6 is 0 Å². The summed E-state index contributed by atoms with van der Waals surface area (Å²) in [6, 6.07) is 7.54. The number of hydrogen-bond acceptors (Lipinski definition) is 4. The molecule has 1 aromatic rings. The molecule has 2 aliphatic rings. The van der Waals surface area contributed by atoms with Crippen molar-refractivity contribution >= 4 is 23.7 Å². The summed E-state index contributed by atoms with van der Waals surface area (Å²) in [5.41, 5.74) is 1.51. The highest BCUT2D eigenvalue weighted by molar-refractivity contribution is 6.05. The van der Waals surface area contributed by atoms with E-state index >= 15 is 0 Å². The topological polar surface area (TPSA) is 79.0 Å². The standard InChI is InChI=1S/C20H27N3O4/c1-20(2,3)27-19(26)22-11-8-15(9-12-22)14-4-6-16(7-5-14)23-13-10-17(24)21-18(23)25/h4-7,15H,8-13H2,1-3H3,(H,21,24,25). The molecular formula is C20H27N3O4. The number of ether oxygens (including phenoxy) is 1. The molecule has 2 fully saturated rings. The average molecular weight is 373 g/mol. The summed E-state index contributed by atoms with van der Waals surface area (Å²) in [6.45, 7) is 7.38. The predicted molar refractivity (Wildman–Crippen MR) is 102 cm³/mol. The predicted octanol–water partition coefficient (Wildman–Crippen LogP) is 3.25. The fraction of sp³-hybridized carbons (Fsp3) is 0.550. The molecule has 3 rings (SSSR count). The summed E-state index contributed by atoms with van der Waals surface area (Å²) >= 11 is 0. The first-order chi connectivity index (χ1) is 12.7. The van der Waals surface area contributed by atoms with E-state index in [9.17, 15) is 14.4 Å². The second-order valence-electron chi connectivity index (χ2n) is 8.09. The Morgan fingerprint density at radius 3 is 2.26 bits per heavy atom. The molecule has 0 saturated carbocycles. The van der Waals surface area contributed by atoms with Crippen LogP contribution < -0.4 is 10.2 Å². The lowest BCUT2D eigenvalue weighted by atomic mass is 9.89. The van der Waals surface area contributed by atoms with Gasteiger partial charge in [0.1, 0.15) is 5.60 Å². The fourth-order valence-electron chi connectivity index (χ4n) is 3.46. The van der Waals surface area contributed by atoms with Crippen molar-refractivity contribution in [2.75, 3.05) is 24.5 Å². The number of carbonyl (C=O) groups is 3. The highest BCUT2D eigenvalue weighted by Crippen LogP contribution is 2.30. The zero-order valence-electron chi connectivity index (χ0n) is 16.2. The van der Waals surface area contributed by atoms with Crippen LogP contribution in [0, 0.1) is 0 Å². The zero-order valence-corrected chi connectivity index (χ0v) is 16.2. The van der Waals surface area contributed by atoms with Crippen LogP contribution in [0.15, 0.2) is 24.3 Å². The van der Waals surface area contributed by atoms with E-state index in [0.29, 0.717) is 32.0 Å². The van der Waals surface area contributed by atoms with Crippen molar-refractivity contribution in [2.24, 2.45) is 0 Å². The lowest BCUT2D eigenvalue weighted by Gasteiger charge is -2.33. The van der Waals surface area contributed by atoms with Crippen molar-refractivity contribution in [3.63, 3.8) is 0 Å². The number of piperidine rings is 1. The number of benzene rings is 1. The molecule has 0 atom stereocenters. The Morgan fingerprint density at radius 2 is 1.70 bits per heavy atom. The van der Waals surface area contributed by atoms with Crippen LogP contribution in [0.25, 0.3) is 0 Å². The van der Waals surface area contributed by atoms with Crippen LogP contribution in [0.1, 0.15) is 51.5 Å². The molecule has 0 aromatic heterocycles. The van der Waals surface area contributed by atoms with E-state index in [4.69, 9.17) is 4.74 Å². The number of urea groups is 1. The maximum Gasteiger partial charge on any atom is 0.410 e. The highest BCUT2D eigenvalue weighted by Gasteiger charge is 2.28. The van der Waals surface area contributed by atoms with E-state index in [0.717, 1.165) is 18.5 Å². The molecule has 0 radical (unpaired) electrons. The van der Waals surface area contributed by atoms with E-state index in [1.807, 2.05) is 45.0 Å². The molecule has 2 heterocycles. The number of anilines is 1. The van der Waals surface area contributed by atoms with Crippen molar-refractivity contribution in [3.8, 4) is 0 Å². The zero-order chi connectivity index (χ0) is 19.6. The van der Waals surface area contributed by atoms with Gasteiger partial charge in [-0.1, -0.05) is 12.1 Å². The van der Waals surface area contributed by atoms with Gasteiger partial charge in [-0.25, -0.2) is 9.59 Å².